The molecule has 30 heavy (non-hydrogen) atoms. The maximum atomic E-state index is 13.0. The maximum Gasteiger partial charge on any atom is 0.237 e. The van der Waals surface area contributed by atoms with E-state index in [-0.39, 0.29) is 18.0 Å². The van der Waals surface area contributed by atoms with Crippen LogP contribution in [-0.2, 0) is 24.8 Å². The predicted octanol–water partition coefficient (Wildman–Crippen LogP) is 3.30. The van der Waals surface area contributed by atoms with Crippen molar-refractivity contribution >= 4 is 16.8 Å². The quantitative estimate of drug-likeness (QED) is 0.661. The number of benzene rings is 1. The summed E-state index contributed by atoms with van der Waals surface area (Å²) in [7, 11) is 2.03. The maximum absolute atomic E-state index is 13.0. The Hall–Kier alpha value is -2.60. The van der Waals surface area contributed by atoms with Crippen molar-refractivity contribution in [1.82, 2.24) is 24.8 Å². The average molecular weight is 406 g/mol. The highest BCUT2D eigenvalue weighted by Crippen LogP contribution is 2.36. The smallest absolute Gasteiger partial charge is 0.237 e. The molecule has 6 nitrogen and oxygen atoms in total. The molecule has 2 aromatic heterocycles. The molecule has 0 unspecified atom stereocenters. The molecule has 0 bridgehead atoms. The van der Waals surface area contributed by atoms with Crippen LogP contribution in [0.1, 0.15) is 56.1 Å². The van der Waals surface area contributed by atoms with E-state index in [0.29, 0.717) is 18.4 Å². The summed E-state index contributed by atoms with van der Waals surface area (Å²) in [4.78, 5) is 17.5. The van der Waals surface area contributed by atoms with E-state index in [1.54, 1.807) is 0 Å². The predicted molar refractivity (Wildman–Crippen MR) is 118 cm³/mol. The number of hydrogen-bond acceptors (Lipinski definition) is 3. The highest BCUT2D eigenvalue weighted by Gasteiger charge is 2.33. The highest BCUT2D eigenvalue weighted by atomic mass is 16.2. The Bertz CT molecular complexity index is 1070. The molecule has 3 heterocycles. The van der Waals surface area contributed by atoms with Crippen molar-refractivity contribution in [3.8, 4) is 0 Å². The number of imidazole rings is 1. The molecule has 1 fully saturated rings. The van der Waals surface area contributed by atoms with Gasteiger partial charge in [-0.1, -0.05) is 26.0 Å². The zero-order valence-electron chi connectivity index (χ0n) is 18.1. The minimum absolute atomic E-state index is 0.143. The lowest BCUT2D eigenvalue weighted by Crippen LogP contribution is -2.47. The molecule has 1 saturated carbocycles. The molecule has 2 aliphatic rings. The molecule has 0 saturated heterocycles. The summed E-state index contributed by atoms with van der Waals surface area (Å²) in [5.74, 6) is 1.71. The van der Waals surface area contributed by atoms with Gasteiger partial charge in [-0.05, 0) is 48.8 Å². The fourth-order valence-corrected chi connectivity index (χ4v) is 4.72. The van der Waals surface area contributed by atoms with Gasteiger partial charge in [-0.2, -0.15) is 0 Å². The molecule has 5 rings (SSSR count). The normalized spacial score (nSPS) is 21.2. The van der Waals surface area contributed by atoms with Crippen LogP contribution in [0.25, 0.3) is 10.9 Å². The average Bonchev–Trinajstić information content (AvgIpc) is 3.36. The zero-order chi connectivity index (χ0) is 20.8. The number of carbonyl (C=O) groups excluding carboxylic acids is 1. The van der Waals surface area contributed by atoms with E-state index < -0.39 is 0 Å². The molecule has 1 aromatic carbocycles. The number of hydrogen-bond donors (Lipinski definition) is 2. The summed E-state index contributed by atoms with van der Waals surface area (Å²) < 4.78 is 4.36. The van der Waals surface area contributed by atoms with Crippen molar-refractivity contribution in [3.63, 3.8) is 0 Å². The number of aryl methyl sites for hydroxylation is 1. The number of nitrogens with zero attached hydrogens (tertiary/aromatic N) is 3. The Balaban J connectivity index is 1.57. The van der Waals surface area contributed by atoms with Crippen LogP contribution in [0, 0.1) is 5.92 Å². The van der Waals surface area contributed by atoms with Crippen LogP contribution < -0.4 is 10.6 Å². The molecule has 1 aliphatic heterocycles. The first-order valence-electron chi connectivity index (χ1n) is 11.1. The van der Waals surface area contributed by atoms with E-state index in [4.69, 9.17) is 0 Å². The first-order chi connectivity index (χ1) is 14.5. The van der Waals surface area contributed by atoms with Gasteiger partial charge in [0.1, 0.15) is 5.82 Å². The molecule has 1 aliphatic carbocycles. The van der Waals surface area contributed by atoms with Gasteiger partial charge >= 0.3 is 0 Å². The van der Waals surface area contributed by atoms with Crippen molar-refractivity contribution in [1.29, 1.82) is 0 Å². The van der Waals surface area contributed by atoms with Gasteiger partial charge < -0.3 is 14.5 Å². The third-order valence-electron chi connectivity index (χ3n) is 6.40. The van der Waals surface area contributed by atoms with E-state index in [2.05, 4.69) is 63.0 Å². The first kappa shape index (κ1) is 19.4. The zero-order valence-corrected chi connectivity index (χ0v) is 18.1. The van der Waals surface area contributed by atoms with Crippen LogP contribution in [0.15, 0.2) is 36.8 Å². The minimum Gasteiger partial charge on any atom is -0.352 e. The highest BCUT2D eigenvalue weighted by molar-refractivity contribution is 5.90. The molecule has 158 valence electrons. The van der Waals surface area contributed by atoms with Gasteiger partial charge in [0.05, 0.1) is 12.6 Å². The molecule has 1 amide bonds. The van der Waals surface area contributed by atoms with Gasteiger partial charge in [-0.25, -0.2) is 4.98 Å². The molecule has 3 aromatic rings. The molecule has 2 atom stereocenters. The standard InChI is InChI=1S/C24H31N5O/c1-15(2)11-19-18-5-4-6-21-23(18)16(12-20(27-19)24(30)26-17-7-8-17)13-29(21)14-22-25-9-10-28(22)3/h4-6,9-10,13,15,17,19-20,27H,7-8,11-12,14H2,1-3H3,(H,26,30)/t19-,20-/m0/s1. The van der Waals surface area contributed by atoms with Crippen LogP contribution in [0.3, 0.4) is 0 Å². The molecular formula is C24H31N5O. The van der Waals surface area contributed by atoms with Crippen molar-refractivity contribution in [2.75, 3.05) is 0 Å². The van der Waals surface area contributed by atoms with Crippen LogP contribution >= 0.6 is 0 Å². The van der Waals surface area contributed by atoms with E-state index in [9.17, 15) is 4.79 Å². The Labute approximate surface area is 177 Å². The van der Waals surface area contributed by atoms with E-state index in [1.807, 2.05) is 19.4 Å². The lowest BCUT2D eigenvalue weighted by atomic mass is 9.94. The second-order valence-electron chi connectivity index (χ2n) is 9.37. The van der Waals surface area contributed by atoms with E-state index in [1.165, 1.54) is 22.0 Å². The van der Waals surface area contributed by atoms with Crippen LogP contribution in [-0.4, -0.2) is 32.1 Å². The summed E-state index contributed by atoms with van der Waals surface area (Å²) in [6.45, 7) is 5.23. The molecule has 0 radical (unpaired) electrons. The lowest BCUT2D eigenvalue weighted by Gasteiger charge is -2.25. The minimum atomic E-state index is -0.200. The SMILES string of the molecule is CC(C)C[C@@H]1N[C@H](C(=O)NC2CC2)Cc2cn(Cc3nccn3C)c3cccc1c23. The molecule has 2 N–H and O–H groups in total. The van der Waals surface area contributed by atoms with E-state index in [0.717, 1.165) is 31.6 Å². The monoisotopic (exact) mass is 405 g/mol. The summed E-state index contributed by atoms with van der Waals surface area (Å²) in [6.07, 6.45) is 10.0. The summed E-state index contributed by atoms with van der Waals surface area (Å²) >= 11 is 0. The summed E-state index contributed by atoms with van der Waals surface area (Å²) in [6, 6.07) is 6.93. The van der Waals surface area contributed by atoms with Gasteiger partial charge in [0.25, 0.3) is 0 Å². The van der Waals surface area contributed by atoms with Gasteiger partial charge in [0, 0.05) is 48.6 Å². The summed E-state index contributed by atoms with van der Waals surface area (Å²) in [5.41, 5.74) is 3.80. The van der Waals surface area contributed by atoms with Crippen LogP contribution in [0.4, 0.5) is 0 Å². The number of amides is 1. The number of aromatic nitrogens is 3. The second kappa shape index (κ2) is 7.58. The van der Waals surface area contributed by atoms with Crippen molar-refractivity contribution in [2.24, 2.45) is 13.0 Å². The first-order valence-corrected chi connectivity index (χ1v) is 11.1. The Morgan fingerprint density at radius 3 is 2.87 bits per heavy atom. The third-order valence-corrected chi connectivity index (χ3v) is 6.40. The Morgan fingerprint density at radius 1 is 1.33 bits per heavy atom. The van der Waals surface area contributed by atoms with Crippen LogP contribution in [0.2, 0.25) is 0 Å². The van der Waals surface area contributed by atoms with Crippen LogP contribution in [0.5, 0.6) is 0 Å². The van der Waals surface area contributed by atoms with E-state index >= 15 is 0 Å². The van der Waals surface area contributed by atoms with Gasteiger partial charge in [0.2, 0.25) is 5.91 Å². The van der Waals surface area contributed by atoms with Crippen molar-refractivity contribution < 1.29 is 4.79 Å². The third kappa shape index (κ3) is 3.65. The fourth-order valence-electron chi connectivity index (χ4n) is 4.72. The summed E-state index contributed by atoms with van der Waals surface area (Å²) in [5, 5.41) is 8.23. The number of carbonyl (C=O) groups is 1. The number of rotatable bonds is 6. The van der Waals surface area contributed by atoms with Crippen molar-refractivity contribution in [2.45, 2.75) is 64.2 Å². The van der Waals surface area contributed by atoms with Gasteiger partial charge in [-0.3, -0.25) is 10.1 Å². The Kier molecular flexibility index (Phi) is 4.89. The van der Waals surface area contributed by atoms with Gasteiger partial charge in [-0.15, -0.1) is 0 Å². The molecule has 6 heteroatoms. The Morgan fingerprint density at radius 2 is 2.17 bits per heavy atom. The molecule has 0 spiro atoms. The second-order valence-corrected chi connectivity index (χ2v) is 9.37. The largest absolute Gasteiger partial charge is 0.352 e. The topological polar surface area (TPSA) is 63.9 Å². The lowest BCUT2D eigenvalue weighted by molar-refractivity contribution is -0.123. The number of nitrogens with one attached hydrogen (secondary N) is 2. The van der Waals surface area contributed by atoms with Crippen molar-refractivity contribution in [3.05, 3.63) is 53.7 Å². The van der Waals surface area contributed by atoms with Gasteiger partial charge in [0.15, 0.2) is 0 Å². The molecular weight excluding hydrogens is 374 g/mol. The fraction of sp³-hybridized carbons (Fsp3) is 0.500.